The van der Waals surface area contributed by atoms with Crippen molar-refractivity contribution in [2.24, 2.45) is 0 Å². The summed E-state index contributed by atoms with van der Waals surface area (Å²) >= 11 is 13.4. The van der Waals surface area contributed by atoms with Crippen molar-refractivity contribution in [1.82, 2.24) is 5.32 Å². The Hall–Kier alpha value is -0.950. The average molecular weight is 394 g/mol. The fourth-order valence-corrected chi connectivity index (χ4v) is 2.86. The number of benzene rings is 1. The summed E-state index contributed by atoms with van der Waals surface area (Å²) in [5, 5.41) is 13.3. The van der Waals surface area contributed by atoms with Gasteiger partial charge in [-0.1, -0.05) is 23.2 Å². The Morgan fingerprint density at radius 1 is 1.21 bits per heavy atom. The van der Waals surface area contributed by atoms with E-state index >= 15 is 0 Å². The third-order valence-corrected chi connectivity index (χ3v) is 4.43. The molecular formula is C16H21Cl2NO4S. The number of hydrogen-bond donors (Lipinski definition) is 2. The lowest BCUT2D eigenvalue weighted by Crippen LogP contribution is -2.49. The van der Waals surface area contributed by atoms with Gasteiger partial charge in [0.2, 0.25) is 0 Å². The minimum Gasteiger partial charge on any atom is -0.458 e. The predicted octanol–water partition coefficient (Wildman–Crippen LogP) is 3.54. The second-order valence-corrected chi connectivity index (χ2v) is 8.09. The van der Waals surface area contributed by atoms with Crippen LogP contribution in [0, 0.1) is 0 Å². The first kappa shape index (κ1) is 21.1. The van der Waals surface area contributed by atoms with E-state index in [0.29, 0.717) is 9.92 Å². The van der Waals surface area contributed by atoms with Gasteiger partial charge < -0.3 is 15.2 Å². The van der Waals surface area contributed by atoms with Crippen LogP contribution >= 0.6 is 35.0 Å². The zero-order valence-electron chi connectivity index (χ0n) is 14.2. The van der Waals surface area contributed by atoms with E-state index in [4.69, 9.17) is 27.9 Å². The first-order valence-electron chi connectivity index (χ1n) is 7.14. The fourth-order valence-electron chi connectivity index (χ4n) is 1.67. The number of nitrogens with one attached hydrogen (secondary N) is 1. The van der Waals surface area contributed by atoms with E-state index in [1.54, 1.807) is 26.8 Å². The molecule has 0 aliphatic rings. The molecule has 0 saturated carbocycles. The molecule has 1 unspecified atom stereocenters. The standard InChI is InChI=1S/C16H21Cl2NO4S/c1-15(2,3)23-14(21)16(4,22)8-19-13(20)9-6-12(24-5)11(18)7-10(9)17/h6-7,22H,8H2,1-5H3,(H,19,20). The summed E-state index contributed by atoms with van der Waals surface area (Å²) in [5.74, 6) is -1.34. The lowest BCUT2D eigenvalue weighted by Gasteiger charge is -2.27. The van der Waals surface area contributed by atoms with Crippen LogP contribution in [0.4, 0.5) is 0 Å². The van der Waals surface area contributed by atoms with Gasteiger partial charge in [0.25, 0.3) is 5.91 Å². The van der Waals surface area contributed by atoms with E-state index < -0.39 is 23.1 Å². The molecule has 1 aromatic carbocycles. The molecule has 5 nitrogen and oxygen atoms in total. The maximum atomic E-state index is 12.3. The topological polar surface area (TPSA) is 75.6 Å². The van der Waals surface area contributed by atoms with E-state index in [9.17, 15) is 14.7 Å². The van der Waals surface area contributed by atoms with Gasteiger partial charge in [0, 0.05) is 4.90 Å². The molecule has 134 valence electrons. The normalized spacial score (nSPS) is 14.0. The summed E-state index contributed by atoms with van der Waals surface area (Å²) in [6.07, 6.45) is 1.82. The number of rotatable bonds is 5. The van der Waals surface area contributed by atoms with Crippen LogP contribution in [0.3, 0.4) is 0 Å². The summed E-state index contributed by atoms with van der Waals surface area (Å²) in [7, 11) is 0. The molecule has 1 atom stereocenters. The quantitative estimate of drug-likeness (QED) is 0.590. The maximum Gasteiger partial charge on any atom is 0.340 e. The number of esters is 1. The zero-order chi connectivity index (χ0) is 18.7. The highest BCUT2D eigenvalue weighted by Crippen LogP contribution is 2.31. The highest BCUT2D eigenvalue weighted by atomic mass is 35.5. The van der Waals surface area contributed by atoms with Gasteiger partial charge in [-0.25, -0.2) is 4.79 Å². The Bertz CT molecular complexity index is 642. The Morgan fingerprint density at radius 2 is 1.79 bits per heavy atom. The van der Waals surface area contributed by atoms with Crippen molar-refractivity contribution in [2.45, 2.75) is 43.8 Å². The summed E-state index contributed by atoms with van der Waals surface area (Å²) < 4.78 is 5.13. The molecule has 0 aromatic heterocycles. The summed E-state index contributed by atoms with van der Waals surface area (Å²) in [5.41, 5.74) is -2.38. The Balaban J connectivity index is 2.84. The molecule has 0 aliphatic heterocycles. The molecule has 0 spiro atoms. The van der Waals surface area contributed by atoms with Crippen LogP contribution in [0.1, 0.15) is 38.1 Å². The van der Waals surface area contributed by atoms with E-state index in [-0.39, 0.29) is 17.1 Å². The number of halogens is 2. The van der Waals surface area contributed by atoms with Crippen molar-refractivity contribution in [1.29, 1.82) is 0 Å². The van der Waals surface area contributed by atoms with Gasteiger partial charge in [0.05, 0.1) is 22.2 Å². The largest absolute Gasteiger partial charge is 0.458 e. The monoisotopic (exact) mass is 393 g/mol. The van der Waals surface area contributed by atoms with E-state index in [1.165, 1.54) is 24.8 Å². The smallest absolute Gasteiger partial charge is 0.340 e. The van der Waals surface area contributed by atoms with Crippen LogP contribution in [0.5, 0.6) is 0 Å². The van der Waals surface area contributed by atoms with Gasteiger partial charge in [0.1, 0.15) is 5.60 Å². The summed E-state index contributed by atoms with van der Waals surface area (Å²) in [6, 6.07) is 3.04. The molecule has 0 aliphatic carbocycles. The molecule has 2 N–H and O–H groups in total. The number of carbonyl (C=O) groups excluding carboxylic acids is 2. The number of amides is 1. The molecule has 0 bridgehead atoms. The van der Waals surface area contributed by atoms with Crippen LogP contribution in [0.2, 0.25) is 10.0 Å². The maximum absolute atomic E-state index is 12.3. The number of thioether (sulfide) groups is 1. The van der Waals surface area contributed by atoms with Crippen molar-refractivity contribution in [3.8, 4) is 0 Å². The third-order valence-electron chi connectivity index (χ3n) is 2.92. The van der Waals surface area contributed by atoms with Crippen LogP contribution < -0.4 is 5.32 Å². The highest BCUT2D eigenvalue weighted by Gasteiger charge is 2.35. The van der Waals surface area contributed by atoms with Gasteiger partial charge in [-0.15, -0.1) is 11.8 Å². The first-order valence-corrected chi connectivity index (χ1v) is 9.12. The Kier molecular flexibility index (Phi) is 6.99. The van der Waals surface area contributed by atoms with Crippen LogP contribution in [-0.4, -0.2) is 41.0 Å². The molecule has 1 amide bonds. The lowest BCUT2D eigenvalue weighted by atomic mass is 10.1. The zero-order valence-corrected chi connectivity index (χ0v) is 16.5. The number of ether oxygens (including phenoxy) is 1. The number of hydrogen-bond acceptors (Lipinski definition) is 5. The minimum atomic E-state index is -1.86. The second kappa shape index (κ2) is 7.95. The van der Waals surface area contributed by atoms with Gasteiger partial charge in [-0.2, -0.15) is 0 Å². The van der Waals surface area contributed by atoms with Gasteiger partial charge in [0.15, 0.2) is 5.60 Å². The van der Waals surface area contributed by atoms with E-state index in [1.807, 2.05) is 6.26 Å². The minimum absolute atomic E-state index is 0.187. The van der Waals surface area contributed by atoms with Gasteiger partial charge in [-0.3, -0.25) is 4.79 Å². The van der Waals surface area contributed by atoms with Crippen molar-refractivity contribution in [3.05, 3.63) is 27.7 Å². The molecule has 24 heavy (non-hydrogen) atoms. The SMILES string of the molecule is CSc1cc(C(=O)NCC(C)(O)C(=O)OC(C)(C)C)c(Cl)cc1Cl. The Labute approximate surface area is 156 Å². The summed E-state index contributed by atoms with van der Waals surface area (Å²) in [6.45, 7) is 6.04. The highest BCUT2D eigenvalue weighted by molar-refractivity contribution is 7.98. The molecule has 0 saturated heterocycles. The molecule has 8 heteroatoms. The molecule has 1 aromatic rings. The molecule has 0 fully saturated rings. The van der Waals surface area contributed by atoms with Crippen molar-refractivity contribution in [3.63, 3.8) is 0 Å². The molecular weight excluding hydrogens is 373 g/mol. The van der Waals surface area contributed by atoms with Crippen molar-refractivity contribution >= 4 is 46.8 Å². The Morgan fingerprint density at radius 3 is 2.29 bits per heavy atom. The number of aliphatic hydroxyl groups is 1. The van der Waals surface area contributed by atoms with Crippen LogP contribution in [0.15, 0.2) is 17.0 Å². The predicted molar refractivity (Wildman–Crippen MR) is 97.0 cm³/mol. The first-order chi connectivity index (χ1) is 10.9. The summed E-state index contributed by atoms with van der Waals surface area (Å²) in [4.78, 5) is 25.0. The van der Waals surface area contributed by atoms with Gasteiger partial charge >= 0.3 is 5.97 Å². The van der Waals surface area contributed by atoms with E-state index in [0.717, 1.165) is 0 Å². The third kappa shape index (κ3) is 5.84. The van der Waals surface area contributed by atoms with E-state index in [2.05, 4.69) is 5.32 Å². The van der Waals surface area contributed by atoms with Crippen LogP contribution in [-0.2, 0) is 9.53 Å². The van der Waals surface area contributed by atoms with Crippen LogP contribution in [0.25, 0.3) is 0 Å². The van der Waals surface area contributed by atoms with Gasteiger partial charge in [-0.05, 0) is 46.1 Å². The lowest BCUT2D eigenvalue weighted by molar-refractivity contribution is -0.174. The van der Waals surface area contributed by atoms with Crippen molar-refractivity contribution < 1.29 is 19.4 Å². The second-order valence-electron chi connectivity index (χ2n) is 6.43. The number of carbonyl (C=O) groups is 2. The molecule has 0 radical (unpaired) electrons. The molecule has 0 heterocycles. The van der Waals surface area contributed by atoms with Crippen molar-refractivity contribution in [2.75, 3.05) is 12.8 Å². The molecule has 1 rings (SSSR count). The average Bonchev–Trinajstić information content (AvgIpc) is 2.43. The fraction of sp³-hybridized carbons (Fsp3) is 0.500.